The Morgan fingerprint density at radius 3 is 2.74 bits per heavy atom. The van der Waals surface area contributed by atoms with Gasteiger partial charge in [0, 0.05) is 12.2 Å². The highest BCUT2D eigenvalue weighted by molar-refractivity contribution is 5.77. The fourth-order valence-electron chi connectivity index (χ4n) is 2.66. The first kappa shape index (κ1) is 13.8. The van der Waals surface area contributed by atoms with Crippen LogP contribution < -0.4 is 5.73 Å². The van der Waals surface area contributed by atoms with Crippen LogP contribution >= 0.6 is 0 Å². The fourth-order valence-corrected chi connectivity index (χ4v) is 2.66. The van der Waals surface area contributed by atoms with E-state index in [0.717, 1.165) is 36.0 Å². The number of anilines is 1. The highest BCUT2D eigenvalue weighted by Crippen LogP contribution is 2.29. The van der Waals surface area contributed by atoms with Crippen LogP contribution in [0.2, 0.25) is 0 Å². The number of imidazole rings is 1. The van der Waals surface area contributed by atoms with Crippen molar-refractivity contribution in [1.29, 1.82) is 0 Å². The molecule has 0 bridgehead atoms. The SMILES string of the molecule is CCCCC(CCC)n1c(N)nc2c(C)ccnc21. The molecule has 0 amide bonds. The first-order chi connectivity index (χ1) is 9.19. The molecule has 19 heavy (non-hydrogen) atoms. The van der Waals surface area contributed by atoms with Crippen LogP contribution in [0.5, 0.6) is 0 Å². The predicted octanol–water partition coefficient (Wildman–Crippen LogP) is 3.85. The Labute approximate surface area is 115 Å². The zero-order chi connectivity index (χ0) is 13.8. The number of nitrogens with two attached hydrogens (primary N) is 1. The van der Waals surface area contributed by atoms with Gasteiger partial charge in [-0.3, -0.25) is 4.57 Å². The molecule has 4 heteroatoms. The van der Waals surface area contributed by atoms with E-state index in [1.807, 2.05) is 12.3 Å². The average molecular weight is 260 g/mol. The van der Waals surface area contributed by atoms with Crippen molar-refractivity contribution in [1.82, 2.24) is 14.5 Å². The van der Waals surface area contributed by atoms with E-state index in [2.05, 4.69) is 35.3 Å². The summed E-state index contributed by atoms with van der Waals surface area (Å²) >= 11 is 0. The molecule has 2 N–H and O–H groups in total. The maximum Gasteiger partial charge on any atom is 0.202 e. The molecule has 104 valence electrons. The quantitative estimate of drug-likeness (QED) is 0.858. The number of hydrogen-bond donors (Lipinski definition) is 1. The minimum Gasteiger partial charge on any atom is -0.369 e. The summed E-state index contributed by atoms with van der Waals surface area (Å²) in [5, 5.41) is 0. The van der Waals surface area contributed by atoms with Crippen LogP contribution in [0.15, 0.2) is 12.3 Å². The number of pyridine rings is 1. The minimum atomic E-state index is 0.421. The summed E-state index contributed by atoms with van der Waals surface area (Å²) in [6.45, 7) is 6.50. The van der Waals surface area contributed by atoms with Crippen LogP contribution in [0.4, 0.5) is 5.95 Å². The first-order valence-corrected chi connectivity index (χ1v) is 7.28. The second-order valence-corrected chi connectivity index (χ2v) is 5.22. The molecule has 1 atom stereocenters. The van der Waals surface area contributed by atoms with E-state index in [-0.39, 0.29) is 0 Å². The van der Waals surface area contributed by atoms with Gasteiger partial charge in [-0.2, -0.15) is 0 Å². The van der Waals surface area contributed by atoms with Crippen molar-refractivity contribution in [2.24, 2.45) is 0 Å². The van der Waals surface area contributed by atoms with E-state index in [9.17, 15) is 0 Å². The normalized spacial score (nSPS) is 13.0. The minimum absolute atomic E-state index is 0.421. The van der Waals surface area contributed by atoms with Crippen molar-refractivity contribution >= 4 is 17.1 Å². The van der Waals surface area contributed by atoms with Gasteiger partial charge in [-0.1, -0.05) is 33.1 Å². The third-order valence-electron chi connectivity index (χ3n) is 3.69. The van der Waals surface area contributed by atoms with Crippen molar-refractivity contribution in [3.8, 4) is 0 Å². The lowest BCUT2D eigenvalue weighted by Crippen LogP contribution is -2.12. The predicted molar refractivity (Wildman–Crippen MR) is 80.1 cm³/mol. The average Bonchev–Trinajstić information content (AvgIpc) is 2.73. The van der Waals surface area contributed by atoms with Crippen LogP contribution in [0.3, 0.4) is 0 Å². The molecule has 1 unspecified atom stereocenters. The monoisotopic (exact) mass is 260 g/mol. The van der Waals surface area contributed by atoms with Gasteiger partial charge in [0.05, 0.1) is 0 Å². The van der Waals surface area contributed by atoms with Gasteiger partial charge in [0.25, 0.3) is 0 Å². The molecule has 2 heterocycles. The maximum absolute atomic E-state index is 6.14. The van der Waals surface area contributed by atoms with Gasteiger partial charge in [0.2, 0.25) is 5.95 Å². The van der Waals surface area contributed by atoms with Crippen LogP contribution in [0, 0.1) is 6.92 Å². The zero-order valence-corrected chi connectivity index (χ0v) is 12.2. The summed E-state index contributed by atoms with van der Waals surface area (Å²) in [5.74, 6) is 0.603. The molecule has 0 spiro atoms. The Morgan fingerprint density at radius 1 is 1.26 bits per heavy atom. The van der Waals surface area contributed by atoms with E-state index in [0.29, 0.717) is 12.0 Å². The van der Waals surface area contributed by atoms with Gasteiger partial charge in [-0.25, -0.2) is 9.97 Å². The van der Waals surface area contributed by atoms with Gasteiger partial charge in [-0.15, -0.1) is 0 Å². The van der Waals surface area contributed by atoms with Crippen molar-refractivity contribution in [2.75, 3.05) is 5.73 Å². The third-order valence-corrected chi connectivity index (χ3v) is 3.69. The molecule has 2 aromatic heterocycles. The Hall–Kier alpha value is -1.58. The van der Waals surface area contributed by atoms with Crippen molar-refractivity contribution in [2.45, 2.75) is 58.9 Å². The zero-order valence-electron chi connectivity index (χ0n) is 12.2. The maximum atomic E-state index is 6.14. The van der Waals surface area contributed by atoms with Crippen LogP contribution in [0.1, 0.15) is 57.6 Å². The molecule has 4 nitrogen and oxygen atoms in total. The summed E-state index contributed by atoms with van der Waals surface area (Å²) in [7, 11) is 0. The van der Waals surface area contributed by atoms with Gasteiger partial charge in [-0.05, 0) is 31.4 Å². The number of fused-ring (bicyclic) bond motifs is 1. The number of unbranched alkanes of at least 4 members (excludes halogenated alkanes) is 1. The second-order valence-electron chi connectivity index (χ2n) is 5.22. The molecule has 2 aromatic rings. The van der Waals surface area contributed by atoms with Crippen LogP contribution in [-0.2, 0) is 0 Å². The summed E-state index contributed by atoms with van der Waals surface area (Å²) in [5.41, 5.74) is 9.16. The summed E-state index contributed by atoms with van der Waals surface area (Å²) in [4.78, 5) is 9.00. The van der Waals surface area contributed by atoms with Crippen LogP contribution in [-0.4, -0.2) is 14.5 Å². The summed E-state index contributed by atoms with van der Waals surface area (Å²) in [6, 6.07) is 2.41. The molecule has 0 radical (unpaired) electrons. The van der Waals surface area contributed by atoms with E-state index in [1.54, 1.807) is 0 Å². The number of rotatable bonds is 6. The van der Waals surface area contributed by atoms with Gasteiger partial charge in [0.15, 0.2) is 5.65 Å². The molecule has 2 rings (SSSR count). The smallest absolute Gasteiger partial charge is 0.202 e. The molecule has 0 fully saturated rings. The Morgan fingerprint density at radius 2 is 2.05 bits per heavy atom. The number of aryl methyl sites for hydroxylation is 1. The van der Waals surface area contributed by atoms with Gasteiger partial charge < -0.3 is 5.73 Å². The molecular weight excluding hydrogens is 236 g/mol. The lowest BCUT2D eigenvalue weighted by atomic mass is 10.0. The molecule has 0 aliphatic rings. The molecule has 0 saturated carbocycles. The highest BCUT2D eigenvalue weighted by Gasteiger charge is 2.18. The first-order valence-electron chi connectivity index (χ1n) is 7.28. The lowest BCUT2D eigenvalue weighted by Gasteiger charge is -2.19. The standard InChI is InChI=1S/C15H24N4/c1-4-6-8-12(7-5-2)19-14-13(18-15(19)16)11(3)9-10-17-14/h9-10,12H,4-8H2,1-3H3,(H2,16,18). The molecule has 0 saturated heterocycles. The number of nitrogen functional groups attached to an aromatic ring is 1. The van der Waals surface area contributed by atoms with Crippen molar-refractivity contribution in [3.63, 3.8) is 0 Å². The third kappa shape index (κ3) is 2.72. The Bertz CT molecular complexity index is 544. The van der Waals surface area contributed by atoms with E-state index < -0.39 is 0 Å². The molecule has 0 aromatic carbocycles. The number of hydrogen-bond acceptors (Lipinski definition) is 3. The Balaban J connectivity index is 2.46. The van der Waals surface area contributed by atoms with E-state index in [1.165, 1.54) is 12.8 Å². The Kier molecular flexibility index (Phi) is 4.40. The number of aromatic nitrogens is 3. The molecular formula is C15H24N4. The van der Waals surface area contributed by atoms with Crippen LogP contribution in [0.25, 0.3) is 11.2 Å². The molecule has 0 aliphatic heterocycles. The summed E-state index contributed by atoms with van der Waals surface area (Å²) < 4.78 is 2.14. The largest absolute Gasteiger partial charge is 0.369 e. The molecule has 0 aliphatic carbocycles. The van der Waals surface area contributed by atoms with Gasteiger partial charge >= 0.3 is 0 Å². The second kappa shape index (κ2) is 6.04. The van der Waals surface area contributed by atoms with E-state index in [4.69, 9.17) is 5.73 Å². The van der Waals surface area contributed by atoms with Crippen molar-refractivity contribution in [3.05, 3.63) is 17.8 Å². The van der Waals surface area contributed by atoms with Gasteiger partial charge in [0.1, 0.15) is 5.52 Å². The van der Waals surface area contributed by atoms with E-state index >= 15 is 0 Å². The highest BCUT2D eigenvalue weighted by atomic mass is 15.2. The lowest BCUT2D eigenvalue weighted by molar-refractivity contribution is 0.428. The summed E-state index contributed by atoms with van der Waals surface area (Å²) in [6.07, 6.45) is 7.70. The van der Waals surface area contributed by atoms with Crippen molar-refractivity contribution < 1.29 is 0 Å². The number of nitrogens with zero attached hydrogens (tertiary/aromatic N) is 3. The fraction of sp³-hybridized carbons (Fsp3) is 0.600. The topological polar surface area (TPSA) is 56.7 Å².